The molecule has 124 valence electrons. The van der Waals surface area contributed by atoms with Gasteiger partial charge in [-0.3, -0.25) is 4.90 Å². The Kier molecular flexibility index (Phi) is 23.1. The summed E-state index contributed by atoms with van der Waals surface area (Å²) in [4.78, 5) is 1.79. The molecule has 0 amide bonds. The highest BCUT2D eigenvalue weighted by Gasteiger charge is 2.00. The lowest BCUT2D eigenvalue weighted by molar-refractivity contribution is 0.0222. The van der Waals surface area contributed by atoms with Crippen molar-refractivity contribution >= 4 is 0 Å². The van der Waals surface area contributed by atoms with E-state index >= 15 is 0 Å². The van der Waals surface area contributed by atoms with Crippen molar-refractivity contribution in [3.63, 3.8) is 0 Å². The van der Waals surface area contributed by atoms with E-state index in [0.717, 1.165) is 0 Å². The van der Waals surface area contributed by atoms with Crippen LogP contribution in [-0.2, 0) is 9.47 Å². The number of rotatable bonds is 13. The van der Waals surface area contributed by atoms with E-state index in [9.17, 15) is 0 Å². The van der Waals surface area contributed by atoms with Crippen molar-refractivity contribution in [2.75, 3.05) is 79.1 Å². The van der Waals surface area contributed by atoms with Crippen LogP contribution in [0.15, 0.2) is 0 Å². The maximum Gasteiger partial charge on any atom is 0.0701 e. The van der Waals surface area contributed by atoms with Crippen molar-refractivity contribution in [3.8, 4) is 0 Å². The molecule has 0 aromatic carbocycles. The molecule has 0 saturated heterocycles. The summed E-state index contributed by atoms with van der Waals surface area (Å²) in [5.74, 6) is 0. The number of ether oxygens (including phenoxy) is 2. The molecule has 0 aromatic heterocycles. The molecule has 5 N–H and O–H groups in total. The van der Waals surface area contributed by atoms with E-state index in [2.05, 4.69) is 0 Å². The van der Waals surface area contributed by atoms with Crippen LogP contribution in [0.25, 0.3) is 0 Å². The third-order valence-corrected chi connectivity index (χ3v) is 2.09. The second-order valence-corrected chi connectivity index (χ2v) is 3.68. The molecule has 0 heterocycles. The van der Waals surface area contributed by atoms with Gasteiger partial charge in [0, 0.05) is 19.6 Å². The molecule has 0 aliphatic heterocycles. The second-order valence-electron chi connectivity index (χ2n) is 3.68. The van der Waals surface area contributed by atoms with Gasteiger partial charge in [0.1, 0.15) is 0 Å². The summed E-state index contributed by atoms with van der Waals surface area (Å²) >= 11 is 0. The SMILES string of the molecule is OCCN(CCO)CCO.OCCOCCOCCO. The summed E-state index contributed by atoms with van der Waals surface area (Å²) in [5.41, 5.74) is 0. The lowest BCUT2D eigenvalue weighted by Crippen LogP contribution is -2.32. The smallest absolute Gasteiger partial charge is 0.0701 e. The molecule has 0 atom stereocenters. The number of hydrogen-bond donors (Lipinski definition) is 5. The van der Waals surface area contributed by atoms with Crippen LogP contribution < -0.4 is 0 Å². The molecule has 0 bridgehead atoms. The Morgan fingerprint density at radius 2 is 0.850 bits per heavy atom. The van der Waals surface area contributed by atoms with Gasteiger partial charge in [-0.05, 0) is 0 Å². The fraction of sp³-hybridized carbons (Fsp3) is 1.00. The van der Waals surface area contributed by atoms with E-state index in [-0.39, 0.29) is 33.0 Å². The van der Waals surface area contributed by atoms with Gasteiger partial charge in [-0.2, -0.15) is 0 Å². The van der Waals surface area contributed by atoms with Crippen molar-refractivity contribution < 1.29 is 35.0 Å². The van der Waals surface area contributed by atoms with Gasteiger partial charge in [-0.1, -0.05) is 0 Å². The highest BCUT2D eigenvalue weighted by atomic mass is 16.5. The first-order valence-corrected chi connectivity index (χ1v) is 6.68. The van der Waals surface area contributed by atoms with Crippen molar-refractivity contribution in [1.82, 2.24) is 4.90 Å². The molecule has 0 unspecified atom stereocenters. The Bertz CT molecular complexity index is 140. The van der Waals surface area contributed by atoms with E-state index in [1.54, 1.807) is 4.90 Å². The van der Waals surface area contributed by atoms with Gasteiger partial charge in [-0.15, -0.1) is 0 Å². The van der Waals surface area contributed by atoms with Crippen LogP contribution in [0.1, 0.15) is 0 Å². The molecular weight excluding hydrogens is 270 g/mol. The maximum absolute atomic E-state index is 8.48. The van der Waals surface area contributed by atoms with Gasteiger partial charge in [0.15, 0.2) is 0 Å². The molecule has 0 fully saturated rings. The molecule has 0 aliphatic rings. The zero-order valence-electron chi connectivity index (χ0n) is 12.0. The largest absolute Gasteiger partial charge is 0.395 e. The Morgan fingerprint density at radius 1 is 0.500 bits per heavy atom. The van der Waals surface area contributed by atoms with Gasteiger partial charge in [0.2, 0.25) is 0 Å². The Balaban J connectivity index is 0. The predicted octanol–water partition coefficient (Wildman–Crippen LogP) is -2.73. The van der Waals surface area contributed by atoms with Crippen LogP contribution in [0.5, 0.6) is 0 Å². The molecule has 8 nitrogen and oxygen atoms in total. The molecule has 0 saturated carbocycles. The summed E-state index contributed by atoms with van der Waals surface area (Å²) < 4.78 is 9.75. The van der Waals surface area contributed by atoms with Gasteiger partial charge in [-0.25, -0.2) is 0 Å². The number of hydrogen-bond acceptors (Lipinski definition) is 8. The Labute approximate surface area is 120 Å². The highest BCUT2D eigenvalue weighted by molar-refractivity contribution is 4.54. The normalized spacial score (nSPS) is 10.5. The van der Waals surface area contributed by atoms with E-state index in [1.165, 1.54) is 0 Å². The zero-order valence-corrected chi connectivity index (χ0v) is 12.0. The van der Waals surface area contributed by atoms with Crippen LogP contribution in [-0.4, -0.2) is 110 Å². The van der Waals surface area contributed by atoms with Crippen molar-refractivity contribution in [3.05, 3.63) is 0 Å². The Hall–Kier alpha value is -0.320. The average molecular weight is 299 g/mol. The summed E-state index contributed by atoms with van der Waals surface area (Å²) in [7, 11) is 0. The third-order valence-electron chi connectivity index (χ3n) is 2.09. The van der Waals surface area contributed by atoms with Crippen LogP contribution >= 0.6 is 0 Å². The fourth-order valence-corrected chi connectivity index (χ4v) is 1.21. The zero-order chi connectivity index (χ0) is 15.5. The van der Waals surface area contributed by atoms with Crippen molar-refractivity contribution in [2.45, 2.75) is 0 Å². The molecule has 0 radical (unpaired) electrons. The minimum atomic E-state index is 0.0417. The second kappa shape index (κ2) is 21.0. The van der Waals surface area contributed by atoms with Crippen molar-refractivity contribution in [2.24, 2.45) is 0 Å². The number of nitrogens with zero attached hydrogens (tertiary/aromatic N) is 1. The first-order valence-electron chi connectivity index (χ1n) is 6.68. The van der Waals surface area contributed by atoms with Gasteiger partial charge < -0.3 is 35.0 Å². The molecular formula is C12H29NO7. The van der Waals surface area contributed by atoms with Gasteiger partial charge >= 0.3 is 0 Å². The predicted molar refractivity (Wildman–Crippen MR) is 73.5 cm³/mol. The first-order chi connectivity index (χ1) is 9.76. The average Bonchev–Trinajstić information content (AvgIpc) is 2.44. The lowest BCUT2D eigenvalue weighted by atomic mass is 10.4. The van der Waals surface area contributed by atoms with Crippen LogP contribution in [0.3, 0.4) is 0 Å². The van der Waals surface area contributed by atoms with E-state index in [0.29, 0.717) is 46.1 Å². The molecule has 8 heteroatoms. The molecule has 0 aliphatic carbocycles. The molecule has 20 heavy (non-hydrogen) atoms. The summed E-state index contributed by atoms with van der Waals surface area (Å²) in [6, 6.07) is 0. The van der Waals surface area contributed by atoms with E-state index in [4.69, 9.17) is 35.0 Å². The first kappa shape index (κ1) is 22.0. The van der Waals surface area contributed by atoms with Crippen LogP contribution in [0, 0.1) is 0 Å². The molecule has 0 spiro atoms. The van der Waals surface area contributed by atoms with E-state index < -0.39 is 0 Å². The summed E-state index contributed by atoms with van der Waals surface area (Å²) in [6.45, 7) is 3.48. The third kappa shape index (κ3) is 20.0. The quantitative estimate of drug-likeness (QED) is 0.232. The lowest BCUT2D eigenvalue weighted by Gasteiger charge is -2.17. The summed E-state index contributed by atoms with van der Waals surface area (Å²) in [6.07, 6.45) is 0. The number of aliphatic hydroxyl groups is 5. The molecule has 0 aromatic rings. The molecule has 0 rings (SSSR count). The summed E-state index contributed by atoms with van der Waals surface area (Å²) in [5, 5.41) is 42.0. The standard InChI is InChI=1S/C6H15NO3.C6H14O4/c8-4-1-7(2-5-9)3-6-10;7-1-3-9-5-6-10-4-2-8/h8-10H,1-6H2;7-8H,1-6H2. The topological polar surface area (TPSA) is 123 Å². The van der Waals surface area contributed by atoms with Gasteiger partial charge in [0.05, 0.1) is 59.5 Å². The minimum Gasteiger partial charge on any atom is -0.395 e. The fourth-order valence-electron chi connectivity index (χ4n) is 1.21. The number of aliphatic hydroxyl groups excluding tert-OH is 5. The Morgan fingerprint density at radius 3 is 1.10 bits per heavy atom. The minimum absolute atomic E-state index is 0.0417. The van der Waals surface area contributed by atoms with Crippen LogP contribution in [0.4, 0.5) is 0 Å². The van der Waals surface area contributed by atoms with Crippen molar-refractivity contribution in [1.29, 1.82) is 0 Å². The maximum atomic E-state index is 8.48. The highest BCUT2D eigenvalue weighted by Crippen LogP contribution is 1.84. The van der Waals surface area contributed by atoms with Gasteiger partial charge in [0.25, 0.3) is 0 Å². The van der Waals surface area contributed by atoms with E-state index in [1.807, 2.05) is 0 Å². The monoisotopic (exact) mass is 299 g/mol. The van der Waals surface area contributed by atoms with Crippen LogP contribution in [0.2, 0.25) is 0 Å².